The summed E-state index contributed by atoms with van der Waals surface area (Å²) < 4.78 is 38.6. The van der Waals surface area contributed by atoms with Crippen LogP contribution in [-0.4, -0.2) is 22.4 Å². The third-order valence-corrected chi connectivity index (χ3v) is 3.56. The lowest BCUT2D eigenvalue weighted by atomic mass is 10.3. The first-order valence-corrected chi connectivity index (χ1v) is 6.67. The van der Waals surface area contributed by atoms with Gasteiger partial charge in [-0.25, -0.2) is 8.78 Å². The van der Waals surface area contributed by atoms with Crippen LogP contribution >= 0.6 is 0 Å². The first kappa shape index (κ1) is 14.6. The molecule has 0 saturated heterocycles. The van der Waals surface area contributed by atoms with Crippen LogP contribution in [0.1, 0.15) is 13.3 Å². The predicted molar refractivity (Wildman–Crippen MR) is 65.3 cm³/mol. The molecule has 1 unspecified atom stereocenters. The molecule has 0 heterocycles. The van der Waals surface area contributed by atoms with E-state index in [9.17, 15) is 17.8 Å². The van der Waals surface area contributed by atoms with Crippen molar-refractivity contribution in [1.29, 1.82) is 0 Å². The Morgan fingerprint density at radius 3 is 2.44 bits per heavy atom. The summed E-state index contributed by atoms with van der Waals surface area (Å²) in [6.45, 7) is 2.20. The molecule has 100 valence electrons. The van der Waals surface area contributed by atoms with E-state index in [2.05, 4.69) is 5.32 Å². The highest BCUT2D eigenvalue weighted by Crippen LogP contribution is 2.20. The van der Waals surface area contributed by atoms with Crippen molar-refractivity contribution in [2.75, 3.05) is 18.0 Å². The third kappa shape index (κ3) is 3.76. The van der Waals surface area contributed by atoms with Gasteiger partial charge in [0.25, 0.3) is 0 Å². The number of nitrogens with one attached hydrogen (secondary N) is 1. The average molecular weight is 276 g/mol. The minimum Gasteiger partial charge on any atom is -0.399 e. The fourth-order valence-electron chi connectivity index (χ4n) is 1.37. The highest BCUT2D eigenvalue weighted by atomic mass is 32.2. The zero-order chi connectivity index (χ0) is 13.7. The summed E-state index contributed by atoms with van der Waals surface area (Å²) in [5, 5.41) is 2.51. The smallest absolute Gasteiger partial charge is 0.220 e. The number of nitrogens with two attached hydrogens (primary N) is 1. The second-order valence-electron chi connectivity index (χ2n) is 3.57. The first-order valence-electron chi connectivity index (χ1n) is 5.35. The van der Waals surface area contributed by atoms with Gasteiger partial charge in [0.15, 0.2) is 0 Å². The summed E-state index contributed by atoms with van der Waals surface area (Å²) in [5.41, 5.74) is 5.17. The number of rotatable bonds is 5. The standard InChI is InChI=1S/C11H14F2N2O2S/c1-2-15-10(16)3-4-18(17)11-8(12)5-7(14)6-9(11)13/h5-6H,2-4,14H2,1H3,(H,15,16). The Labute approximate surface area is 106 Å². The van der Waals surface area contributed by atoms with Gasteiger partial charge in [0, 0.05) is 24.4 Å². The molecule has 0 radical (unpaired) electrons. The number of nitrogen functional groups attached to an aromatic ring is 1. The van der Waals surface area contributed by atoms with E-state index in [1.807, 2.05) is 0 Å². The van der Waals surface area contributed by atoms with Crippen LogP contribution in [-0.2, 0) is 15.6 Å². The van der Waals surface area contributed by atoms with Crippen molar-refractivity contribution in [3.63, 3.8) is 0 Å². The lowest BCUT2D eigenvalue weighted by Crippen LogP contribution is -2.24. The molecule has 0 saturated carbocycles. The Balaban J connectivity index is 2.76. The second kappa shape index (κ2) is 6.44. The van der Waals surface area contributed by atoms with Crippen molar-refractivity contribution in [2.45, 2.75) is 18.2 Å². The molecule has 0 fully saturated rings. The zero-order valence-corrected chi connectivity index (χ0v) is 10.7. The monoisotopic (exact) mass is 276 g/mol. The molecule has 0 bridgehead atoms. The van der Waals surface area contributed by atoms with Crippen LogP contribution < -0.4 is 11.1 Å². The Hall–Kier alpha value is -1.50. The molecule has 1 aromatic carbocycles. The Kier molecular flexibility index (Phi) is 5.21. The minimum absolute atomic E-state index is 0.0519. The topological polar surface area (TPSA) is 72.2 Å². The van der Waals surface area contributed by atoms with E-state index in [1.165, 1.54) is 0 Å². The number of hydrogen-bond acceptors (Lipinski definition) is 3. The number of carbonyl (C=O) groups excluding carboxylic acids is 1. The molecule has 7 heteroatoms. The van der Waals surface area contributed by atoms with Crippen molar-refractivity contribution in [1.82, 2.24) is 5.32 Å². The summed E-state index contributed by atoms with van der Waals surface area (Å²) in [6, 6.07) is 1.81. The molecule has 18 heavy (non-hydrogen) atoms. The molecule has 0 aliphatic heterocycles. The molecule has 0 spiro atoms. The van der Waals surface area contributed by atoms with Gasteiger partial charge in [-0.3, -0.25) is 9.00 Å². The molecule has 1 atom stereocenters. The molecular weight excluding hydrogens is 262 g/mol. The molecule has 1 aromatic rings. The van der Waals surface area contributed by atoms with Crippen LogP contribution in [0.2, 0.25) is 0 Å². The van der Waals surface area contributed by atoms with E-state index in [4.69, 9.17) is 5.73 Å². The highest BCUT2D eigenvalue weighted by molar-refractivity contribution is 7.85. The van der Waals surface area contributed by atoms with Crippen molar-refractivity contribution < 1.29 is 17.8 Å². The molecule has 0 aromatic heterocycles. The van der Waals surface area contributed by atoms with Crippen LogP contribution in [0.4, 0.5) is 14.5 Å². The largest absolute Gasteiger partial charge is 0.399 e. The maximum absolute atomic E-state index is 13.4. The van der Waals surface area contributed by atoms with Crippen molar-refractivity contribution in [3.8, 4) is 0 Å². The van der Waals surface area contributed by atoms with Crippen LogP contribution in [0.15, 0.2) is 17.0 Å². The zero-order valence-electron chi connectivity index (χ0n) is 9.83. The minimum atomic E-state index is -1.91. The van der Waals surface area contributed by atoms with Crippen LogP contribution in [0.25, 0.3) is 0 Å². The van der Waals surface area contributed by atoms with E-state index in [1.54, 1.807) is 6.92 Å². The Bertz CT molecular complexity index is 457. The maximum Gasteiger partial charge on any atom is 0.220 e. The normalized spacial score (nSPS) is 12.2. The lowest BCUT2D eigenvalue weighted by molar-refractivity contribution is -0.120. The highest BCUT2D eigenvalue weighted by Gasteiger charge is 2.17. The van der Waals surface area contributed by atoms with Gasteiger partial charge < -0.3 is 11.1 Å². The summed E-state index contributed by atoms with van der Waals surface area (Å²) in [7, 11) is -1.91. The Morgan fingerprint density at radius 2 is 1.94 bits per heavy atom. The van der Waals surface area contributed by atoms with Crippen molar-refractivity contribution in [3.05, 3.63) is 23.8 Å². The van der Waals surface area contributed by atoms with Gasteiger partial charge in [-0.15, -0.1) is 0 Å². The predicted octanol–water partition coefficient (Wildman–Crippen LogP) is 1.18. The van der Waals surface area contributed by atoms with Crippen LogP contribution in [0.3, 0.4) is 0 Å². The lowest BCUT2D eigenvalue weighted by Gasteiger charge is -2.06. The maximum atomic E-state index is 13.4. The number of hydrogen-bond donors (Lipinski definition) is 2. The first-order chi connectivity index (χ1) is 8.45. The van der Waals surface area contributed by atoms with Crippen LogP contribution in [0.5, 0.6) is 0 Å². The van der Waals surface area contributed by atoms with E-state index >= 15 is 0 Å². The number of amides is 1. The summed E-state index contributed by atoms with van der Waals surface area (Å²) in [6.07, 6.45) is -0.0519. The molecule has 1 amide bonds. The molecule has 0 aliphatic carbocycles. The summed E-state index contributed by atoms with van der Waals surface area (Å²) in [4.78, 5) is 10.6. The van der Waals surface area contributed by atoms with Crippen LogP contribution in [0, 0.1) is 11.6 Å². The van der Waals surface area contributed by atoms with E-state index in [0.29, 0.717) is 6.54 Å². The van der Waals surface area contributed by atoms with Gasteiger partial charge in [-0.2, -0.15) is 0 Å². The van der Waals surface area contributed by atoms with Gasteiger partial charge in [-0.1, -0.05) is 0 Å². The molecule has 4 nitrogen and oxygen atoms in total. The van der Waals surface area contributed by atoms with Crippen molar-refractivity contribution >= 4 is 22.4 Å². The van der Waals surface area contributed by atoms with E-state index in [0.717, 1.165) is 12.1 Å². The van der Waals surface area contributed by atoms with Gasteiger partial charge in [0.05, 0.1) is 10.8 Å². The second-order valence-corrected chi connectivity index (χ2v) is 5.07. The molecule has 0 aliphatic rings. The fourth-order valence-corrected chi connectivity index (χ4v) is 2.50. The summed E-state index contributed by atoms with van der Waals surface area (Å²) in [5.74, 6) is -2.35. The fraction of sp³-hybridized carbons (Fsp3) is 0.364. The average Bonchev–Trinajstić information content (AvgIpc) is 2.25. The number of benzene rings is 1. The molecular formula is C11H14F2N2O2S. The quantitative estimate of drug-likeness (QED) is 0.793. The summed E-state index contributed by atoms with van der Waals surface area (Å²) >= 11 is 0. The molecule has 1 rings (SSSR count). The van der Waals surface area contributed by atoms with Gasteiger partial charge in [0.2, 0.25) is 5.91 Å². The number of carbonyl (C=O) groups is 1. The van der Waals surface area contributed by atoms with E-state index in [-0.39, 0.29) is 23.8 Å². The van der Waals surface area contributed by atoms with Crippen molar-refractivity contribution in [2.24, 2.45) is 0 Å². The third-order valence-electron chi connectivity index (χ3n) is 2.14. The van der Waals surface area contributed by atoms with Gasteiger partial charge >= 0.3 is 0 Å². The SMILES string of the molecule is CCNC(=O)CCS(=O)c1c(F)cc(N)cc1F. The van der Waals surface area contributed by atoms with Gasteiger partial charge in [0.1, 0.15) is 16.5 Å². The van der Waals surface area contributed by atoms with Gasteiger partial charge in [-0.05, 0) is 19.1 Å². The molecule has 3 N–H and O–H groups in total. The number of halogens is 2. The number of anilines is 1. The Morgan fingerprint density at radius 1 is 1.39 bits per heavy atom. The van der Waals surface area contributed by atoms with E-state index < -0.39 is 27.3 Å².